The van der Waals surface area contributed by atoms with Crippen molar-refractivity contribution >= 4 is 17.7 Å². The molecule has 0 spiro atoms. The molecule has 2 aliphatic rings. The minimum atomic E-state index is -0.869. The van der Waals surface area contributed by atoms with Gasteiger partial charge in [-0.2, -0.15) is 5.10 Å². The molecule has 0 radical (unpaired) electrons. The van der Waals surface area contributed by atoms with Crippen LogP contribution in [0.25, 0.3) is 0 Å². The van der Waals surface area contributed by atoms with Crippen LogP contribution in [-0.2, 0) is 16.0 Å². The average Bonchev–Trinajstić information content (AvgIpc) is 3.17. The van der Waals surface area contributed by atoms with Gasteiger partial charge < -0.3 is 0 Å². The molecule has 1 aliphatic heterocycles. The summed E-state index contributed by atoms with van der Waals surface area (Å²) in [6.07, 6.45) is 3.69. The fraction of sp³-hybridized carbons (Fsp3) is 0.455. The molecule has 1 aromatic carbocycles. The fourth-order valence-electron chi connectivity index (χ4n) is 4.61. The molecule has 2 aromatic rings. The van der Waals surface area contributed by atoms with Crippen LogP contribution in [0.1, 0.15) is 47.4 Å². The van der Waals surface area contributed by atoms with Crippen LogP contribution in [0.2, 0.25) is 0 Å². The summed E-state index contributed by atoms with van der Waals surface area (Å²) in [7, 11) is 0. The number of aromatic nitrogens is 2. The molecule has 2 fully saturated rings. The van der Waals surface area contributed by atoms with Crippen LogP contribution in [0.15, 0.2) is 36.4 Å². The van der Waals surface area contributed by atoms with Crippen molar-refractivity contribution in [3.63, 3.8) is 0 Å². The second kappa shape index (κ2) is 7.34. The molecular weight excluding hydrogens is 354 g/mol. The Hall–Kier alpha value is -2.76. The molecule has 6 heteroatoms. The van der Waals surface area contributed by atoms with Gasteiger partial charge in [0.05, 0.1) is 17.5 Å². The largest absolute Gasteiger partial charge is 0.274 e. The standard InChI is InChI=1S/C22H25N3O3/c1-14-12-15(2)25(23-14)22(28)19(13-16-8-4-3-5-9-16)24-20(26)17-10-6-7-11-18(17)21(24)27/h3-5,8-9,12,17-19H,6-7,10-11,13H2,1-2H3. The lowest BCUT2D eigenvalue weighted by atomic mass is 9.81. The van der Waals surface area contributed by atoms with E-state index >= 15 is 0 Å². The van der Waals surface area contributed by atoms with Crippen LogP contribution >= 0.6 is 0 Å². The number of imide groups is 1. The molecule has 3 atom stereocenters. The van der Waals surface area contributed by atoms with Gasteiger partial charge in [-0.1, -0.05) is 43.2 Å². The zero-order valence-corrected chi connectivity index (χ0v) is 16.3. The molecule has 2 heterocycles. The van der Waals surface area contributed by atoms with E-state index in [4.69, 9.17) is 0 Å². The Labute approximate surface area is 164 Å². The first-order valence-electron chi connectivity index (χ1n) is 9.95. The Bertz CT molecular complexity index is 894. The highest BCUT2D eigenvalue weighted by Gasteiger charge is 2.52. The SMILES string of the molecule is Cc1cc(C)n(C(=O)C(Cc2ccccc2)N2C(=O)C3CCCCC3C2=O)n1. The average molecular weight is 379 g/mol. The topological polar surface area (TPSA) is 72.3 Å². The Kier molecular flexibility index (Phi) is 4.87. The Balaban J connectivity index is 1.72. The molecule has 0 N–H and O–H groups in total. The maximum Gasteiger partial charge on any atom is 0.270 e. The van der Waals surface area contributed by atoms with Crippen molar-refractivity contribution < 1.29 is 14.4 Å². The van der Waals surface area contributed by atoms with Gasteiger partial charge in [0.1, 0.15) is 6.04 Å². The molecule has 1 saturated carbocycles. The number of amides is 2. The van der Waals surface area contributed by atoms with Crippen molar-refractivity contribution in [2.75, 3.05) is 0 Å². The van der Waals surface area contributed by atoms with Gasteiger partial charge in [-0.3, -0.25) is 19.3 Å². The third kappa shape index (κ3) is 3.17. The van der Waals surface area contributed by atoms with E-state index in [0.29, 0.717) is 12.1 Å². The number of aryl methyl sites for hydroxylation is 2. The predicted octanol–water partition coefficient (Wildman–Crippen LogP) is 2.93. The summed E-state index contributed by atoms with van der Waals surface area (Å²) in [6.45, 7) is 3.63. The molecule has 1 aliphatic carbocycles. The first-order valence-corrected chi connectivity index (χ1v) is 9.95. The number of nitrogens with zero attached hydrogens (tertiary/aromatic N) is 3. The number of carbonyl (C=O) groups excluding carboxylic acids is 3. The van der Waals surface area contributed by atoms with Gasteiger partial charge >= 0.3 is 0 Å². The highest BCUT2D eigenvalue weighted by molar-refractivity contribution is 6.08. The van der Waals surface area contributed by atoms with E-state index in [9.17, 15) is 14.4 Å². The van der Waals surface area contributed by atoms with Crippen LogP contribution in [0.5, 0.6) is 0 Å². The van der Waals surface area contributed by atoms with Crippen LogP contribution < -0.4 is 0 Å². The summed E-state index contributed by atoms with van der Waals surface area (Å²) >= 11 is 0. The van der Waals surface area contributed by atoms with Gasteiger partial charge in [0.25, 0.3) is 5.91 Å². The second-order valence-corrected chi connectivity index (χ2v) is 7.93. The van der Waals surface area contributed by atoms with E-state index in [1.165, 1.54) is 9.58 Å². The Morgan fingerprint density at radius 1 is 1.07 bits per heavy atom. The molecule has 1 aromatic heterocycles. The van der Waals surface area contributed by atoms with Gasteiger partial charge in [-0.25, -0.2) is 4.68 Å². The summed E-state index contributed by atoms with van der Waals surface area (Å²) in [5, 5.41) is 4.30. The molecule has 0 bridgehead atoms. The summed E-state index contributed by atoms with van der Waals surface area (Å²) in [6, 6.07) is 10.5. The number of rotatable bonds is 4. The lowest BCUT2D eigenvalue weighted by molar-refractivity contribution is -0.141. The molecule has 3 unspecified atom stereocenters. The van der Waals surface area contributed by atoms with Crippen molar-refractivity contribution in [1.29, 1.82) is 0 Å². The van der Waals surface area contributed by atoms with E-state index in [1.54, 1.807) is 0 Å². The van der Waals surface area contributed by atoms with Crippen molar-refractivity contribution in [1.82, 2.24) is 14.7 Å². The molecular formula is C22H25N3O3. The number of hydrogen-bond acceptors (Lipinski definition) is 4. The normalized spacial score (nSPS) is 23.0. The number of fused-ring (bicyclic) bond motifs is 1. The molecule has 6 nitrogen and oxygen atoms in total. The number of likely N-dealkylation sites (tertiary alicyclic amines) is 1. The zero-order valence-electron chi connectivity index (χ0n) is 16.3. The molecule has 28 heavy (non-hydrogen) atoms. The van der Waals surface area contributed by atoms with Crippen molar-refractivity contribution in [3.05, 3.63) is 53.3 Å². The molecule has 4 rings (SSSR count). The third-order valence-corrected chi connectivity index (χ3v) is 5.96. The monoisotopic (exact) mass is 379 g/mol. The second-order valence-electron chi connectivity index (χ2n) is 7.93. The van der Waals surface area contributed by atoms with Crippen molar-refractivity contribution in [3.8, 4) is 0 Å². The zero-order chi connectivity index (χ0) is 19.8. The summed E-state index contributed by atoms with van der Waals surface area (Å²) < 4.78 is 1.34. The minimum absolute atomic E-state index is 0.189. The summed E-state index contributed by atoms with van der Waals surface area (Å²) in [5.41, 5.74) is 2.35. The maximum absolute atomic E-state index is 13.4. The fourth-order valence-corrected chi connectivity index (χ4v) is 4.61. The Morgan fingerprint density at radius 3 is 2.21 bits per heavy atom. The predicted molar refractivity (Wildman–Crippen MR) is 104 cm³/mol. The van der Waals surface area contributed by atoms with E-state index in [-0.39, 0.29) is 29.6 Å². The number of benzene rings is 1. The van der Waals surface area contributed by atoms with Gasteiger partial charge in [-0.05, 0) is 38.3 Å². The van der Waals surface area contributed by atoms with E-state index < -0.39 is 6.04 Å². The van der Waals surface area contributed by atoms with Gasteiger partial charge in [0, 0.05) is 12.1 Å². The highest BCUT2D eigenvalue weighted by atomic mass is 16.2. The smallest absolute Gasteiger partial charge is 0.270 e. The third-order valence-electron chi connectivity index (χ3n) is 5.96. The molecule has 1 saturated heterocycles. The van der Waals surface area contributed by atoms with Crippen molar-refractivity contribution in [2.45, 2.75) is 52.0 Å². The highest BCUT2D eigenvalue weighted by Crippen LogP contribution is 2.39. The van der Waals surface area contributed by atoms with E-state index in [1.807, 2.05) is 50.2 Å². The van der Waals surface area contributed by atoms with Crippen LogP contribution in [-0.4, -0.2) is 38.4 Å². The van der Waals surface area contributed by atoms with Crippen LogP contribution in [0, 0.1) is 25.7 Å². The maximum atomic E-state index is 13.4. The first kappa shape index (κ1) is 18.6. The number of hydrogen-bond donors (Lipinski definition) is 0. The number of carbonyl (C=O) groups is 3. The van der Waals surface area contributed by atoms with Crippen molar-refractivity contribution in [2.24, 2.45) is 11.8 Å². The lowest BCUT2D eigenvalue weighted by Crippen LogP contribution is -2.49. The first-order chi connectivity index (χ1) is 13.5. The quantitative estimate of drug-likeness (QED) is 0.766. The summed E-state index contributed by atoms with van der Waals surface area (Å²) in [4.78, 5) is 40.9. The summed E-state index contributed by atoms with van der Waals surface area (Å²) in [5.74, 6) is -1.24. The molecule has 146 valence electrons. The minimum Gasteiger partial charge on any atom is -0.274 e. The van der Waals surface area contributed by atoms with E-state index in [0.717, 1.165) is 36.9 Å². The van der Waals surface area contributed by atoms with E-state index in [2.05, 4.69) is 5.10 Å². The lowest BCUT2D eigenvalue weighted by Gasteiger charge is -2.26. The van der Waals surface area contributed by atoms with Crippen LogP contribution in [0.3, 0.4) is 0 Å². The van der Waals surface area contributed by atoms with Gasteiger partial charge in [0.2, 0.25) is 11.8 Å². The van der Waals surface area contributed by atoms with Gasteiger partial charge in [-0.15, -0.1) is 0 Å². The molecule has 2 amide bonds. The van der Waals surface area contributed by atoms with Gasteiger partial charge in [0.15, 0.2) is 0 Å². The van der Waals surface area contributed by atoms with Crippen LogP contribution in [0.4, 0.5) is 0 Å². The Morgan fingerprint density at radius 2 is 1.68 bits per heavy atom.